The van der Waals surface area contributed by atoms with Crippen molar-refractivity contribution in [2.45, 2.75) is 13.3 Å². The van der Waals surface area contributed by atoms with Crippen molar-refractivity contribution in [3.8, 4) is 0 Å². The van der Waals surface area contributed by atoms with E-state index in [2.05, 4.69) is 10.3 Å². The van der Waals surface area contributed by atoms with Crippen LogP contribution in [0.2, 0.25) is 0 Å². The highest BCUT2D eigenvalue weighted by atomic mass is 19.2. The number of nitrogens with one attached hydrogen (secondary N) is 2. The molecule has 0 aliphatic rings. The molecule has 4 nitrogen and oxygen atoms in total. The summed E-state index contributed by atoms with van der Waals surface area (Å²) in [6, 6.07) is 8.89. The number of hydrogen-bond acceptors (Lipinski definition) is 2. The highest BCUT2D eigenvalue weighted by molar-refractivity contribution is 5.94. The summed E-state index contributed by atoms with van der Waals surface area (Å²) in [5, 5.41) is 3.26. The average Bonchev–Trinajstić information content (AvgIpc) is 2.60. The molecule has 0 fully saturated rings. The summed E-state index contributed by atoms with van der Waals surface area (Å²) in [5.41, 5.74) is 1.32. The minimum atomic E-state index is -1.70. The molecule has 2 N–H and O–H groups in total. The molecule has 3 aromatic rings. The standard InChI is InChI=1S/C19H15F3N2O2/c1-10-2-5-15-12(8-10)9-11(18(25)24-15)6-7-23-19(26)13-3-4-14(20)17(22)16(13)21/h2-5,8-9H,6-7H2,1H3,(H,23,26)(H,24,25). The maximum atomic E-state index is 13.6. The van der Waals surface area contributed by atoms with E-state index in [4.69, 9.17) is 0 Å². The fraction of sp³-hybridized carbons (Fsp3) is 0.158. The van der Waals surface area contributed by atoms with Crippen LogP contribution in [0.3, 0.4) is 0 Å². The van der Waals surface area contributed by atoms with Gasteiger partial charge in [0.05, 0.1) is 5.56 Å². The summed E-state index contributed by atoms with van der Waals surface area (Å²) >= 11 is 0. The van der Waals surface area contributed by atoms with E-state index in [0.717, 1.165) is 17.0 Å². The average molecular weight is 360 g/mol. The van der Waals surface area contributed by atoms with Gasteiger partial charge in [0.25, 0.3) is 11.5 Å². The normalized spacial score (nSPS) is 10.9. The first kappa shape index (κ1) is 17.7. The number of aromatic amines is 1. The number of rotatable bonds is 4. The number of carbonyl (C=O) groups is 1. The minimum absolute atomic E-state index is 0.0394. The molecule has 3 rings (SSSR count). The Labute approximate surface area is 146 Å². The molecule has 0 saturated heterocycles. The second kappa shape index (κ2) is 7.03. The van der Waals surface area contributed by atoms with Gasteiger partial charge < -0.3 is 10.3 Å². The Morgan fingerprint density at radius 1 is 1.08 bits per heavy atom. The van der Waals surface area contributed by atoms with E-state index in [1.165, 1.54) is 0 Å². The fourth-order valence-corrected chi connectivity index (χ4v) is 2.66. The molecule has 0 radical (unpaired) electrons. The van der Waals surface area contributed by atoms with Crippen LogP contribution in [0.4, 0.5) is 13.2 Å². The van der Waals surface area contributed by atoms with Gasteiger partial charge in [-0.1, -0.05) is 11.6 Å². The molecule has 0 saturated carbocycles. The Morgan fingerprint density at radius 3 is 2.62 bits per heavy atom. The predicted molar refractivity (Wildman–Crippen MR) is 91.7 cm³/mol. The molecular weight excluding hydrogens is 345 g/mol. The largest absolute Gasteiger partial charge is 0.352 e. The highest BCUT2D eigenvalue weighted by Gasteiger charge is 2.18. The van der Waals surface area contributed by atoms with E-state index in [0.29, 0.717) is 17.1 Å². The van der Waals surface area contributed by atoms with E-state index in [9.17, 15) is 22.8 Å². The smallest absolute Gasteiger partial charge is 0.254 e. The van der Waals surface area contributed by atoms with Gasteiger partial charge in [0.2, 0.25) is 0 Å². The zero-order chi connectivity index (χ0) is 18.8. The monoisotopic (exact) mass is 360 g/mol. The second-order valence-electron chi connectivity index (χ2n) is 5.94. The fourth-order valence-electron chi connectivity index (χ4n) is 2.66. The maximum absolute atomic E-state index is 13.6. The van der Waals surface area contributed by atoms with E-state index in [1.807, 2.05) is 25.1 Å². The third-order valence-electron chi connectivity index (χ3n) is 4.04. The lowest BCUT2D eigenvalue weighted by atomic mass is 10.1. The van der Waals surface area contributed by atoms with Crippen LogP contribution in [0, 0.1) is 24.4 Å². The molecule has 0 atom stereocenters. The molecule has 0 spiro atoms. The van der Waals surface area contributed by atoms with Crippen LogP contribution < -0.4 is 10.9 Å². The summed E-state index contributed by atoms with van der Waals surface area (Å²) in [5.74, 6) is -5.48. The van der Waals surface area contributed by atoms with Gasteiger partial charge in [-0.05, 0) is 49.1 Å². The van der Waals surface area contributed by atoms with Gasteiger partial charge in [-0.15, -0.1) is 0 Å². The first-order chi connectivity index (χ1) is 12.4. The number of pyridine rings is 1. The Morgan fingerprint density at radius 2 is 1.85 bits per heavy atom. The molecule has 1 amide bonds. The van der Waals surface area contributed by atoms with Gasteiger partial charge in [-0.2, -0.15) is 0 Å². The van der Waals surface area contributed by atoms with Crippen molar-refractivity contribution < 1.29 is 18.0 Å². The van der Waals surface area contributed by atoms with Gasteiger partial charge >= 0.3 is 0 Å². The number of H-pyrrole nitrogens is 1. The van der Waals surface area contributed by atoms with Crippen LogP contribution in [-0.2, 0) is 6.42 Å². The highest BCUT2D eigenvalue weighted by Crippen LogP contribution is 2.15. The van der Waals surface area contributed by atoms with Gasteiger partial charge in [0.1, 0.15) is 0 Å². The topological polar surface area (TPSA) is 62.0 Å². The number of amides is 1. The summed E-state index contributed by atoms with van der Waals surface area (Å²) < 4.78 is 39.7. The lowest BCUT2D eigenvalue weighted by molar-refractivity contribution is 0.0949. The number of carbonyl (C=O) groups excluding carboxylic acids is 1. The number of fused-ring (bicyclic) bond motifs is 1. The second-order valence-corrected chi connectivity index (χ2v) is 5.94. The van der Waals surface area contributed by atoms with Crippen LogP contribution in [0.5, 0.6) is 0 Å². The van der Waals surface area contributed by atoms with E-state index in [1.54, 1.807) is 6.07 Å². The number of hydrogen-bond donors (Lipinski definition) is 2. The third-order valence-corrected chi connectivity index (χ3v) is 4.04. The van der Waals surface area contributed by atoms with Crippen molar-refractivity contribution >= 4 is 16.8 Å². The molecule has 134 valence electrons. The molecule has 1 aromatic heterocycles. The van der Waals surface area contributed by atoms with Crippen molar-refractivity contribution in [1.82, 2.24) is 10.3 Å². The molecular formula is C19H15F3N2O2. The number of aryl methyl sites for hydroxylation is 1. The Hall–Kier alpha value is -3.09. The van der Waals surface area contributed by atoms with E-state index >= 15 is 0 Å². The first-order valence-corrected chi connectivity index (χ1v) is 7.91. The molecule has 26 heavy (non-hydrogen) atoms. The number of benzene rings is 2. The van der Waals surface area contributed by atoms with Crippen molar-refractivity contribution in [3.05, 3.63) is 80.9 Å². The van der Waals surface area contributed by atoms with Crippen LogP contribution >= 0.6 is 0 Å². The first-order valence-electron chi connectivity index (χ1n) is 7.91. The van der Waals surface area contributed by atoms with E-state index in [-0.39, 0.29) is 18.5 Å². The Balaban J connectivity index is 1.73. The predicted octanol–water partition coefficient (Wildman–Crippen LogP) is 3.23. The summed E-state index contributed by atoms with van der Waals surface area (Å²) in [6.07, 6.45) is 0.205. The molecule has 7 heteroatoms. The number of halogens is 3. The molecule has 0 bridgehead atoms. The van der Waals surface area contributed by atoms with Gasteiger partial charge in [0, 0.05) is 17.6 Å². The van der Waals surface area contributed by atoms with Crippen LogP contribution in [0.25, 0.3) is 10.9 Å². The Kier molecular flexibility index (Phi) is 4.79. The van der Waals surface area contributed by atoms with Crippen LogP contribution in [0.15, 0.2) is 41.2 Å². The lowest BCUT2D eigenvalue weighted by Gasteiger charge is -2.08. The third kappa shape index (κ3) is 3.46. The number of aromatic nitrogens is 1. The van der Waals surface area contributed by atoms with E-state index < -0.39 is 28.9 Å². The van der Waals surface area contributed by atoms with Crippen molar-refractivity contribution in [2.24, 2.45) is 0 Å². The van der Waals surface area contributed by atoms with Gasteiger partial charge in [0.15, 0.2) is 17.5 Å². The SMILES string of the molecule is Cc1ccc2[nH]c(=O)c(CCNC(=O)c3ccc(F)c(F)c3F)cc2c1. The van der Waals surface area contributed by atoms with Crippen molar-refractivity contribution in [1.29, 1.82) is 0 Å². The Bertz CT molecular complexity index is 1060. The van der Waals surface area contributed by atoms with Gasteiger partial charge in [-0.3, -0.25) is 9.59 Å². The molecule has 0 aliphatic heterocycles. The molecule has 2 aromatic carbocycles. The zero-order valence-electron chi connectivity index (χ0n) is 13.8. The quantitative estimate of drug-likeness (QED) is 0.702. The molecule has 0 aliphatic carbocycles. The molecule has 1 heterocycles. The van der Waals surface area contributed by atoms with Crippen LogP contribution in [0.1, 0.15) is 21.5 Å². The summed E-state index contributed by atoms with van der Waals surface area (Å²) in [6.45, 7) is 1.97. The van der Waals surface area contributed by atoms with Gasteiger partial charge in [-0.25, -0.2) is 13.2 Å². The van der Waals surface area contributed by atoms with Crippen molar-refractivity contribution in [2.75, 3.05) is 6.54 Å². The minimum Gasteiger partial charge on any atom is -0.352 e. The maximum Gasteiger partial charge on any atom is 0.254 e. The summed E-state index contributed by atoms with van der Waals surface area (Å²) in [7, 11) is 0. The zero-order valence-corrected chi connectivity index (χ0v) is 13.8. The lowest BCUT2D eigenvalue weighted by Crippen LogP contribution is -2.28. The molecule has 0 unspecified atom stereocenters. The summed E-state index contributed by atoms with van der Waals surface area (Å²) in [4.78, 5) is 26.8. The van der Waals surface area contributed by atoms with Crippen LogP contribution in [-0.4, -0.2) is 17.4 Å². The van der Waals surface area contributed by atoms with Crippen molar-refractivity contribution in [3.63, 3.8) is 0 Å².